The molecule has 2 aliphatic heterocycles. The molecular formula is C21H42N2. The van der Waals surface area contributed by atoms with Crippen LogP contribution in [-0.2, 0) is 0 Å². The Kier molecular flexibility index (Phi) is 4.79. The van der Waals surface area contributed by atoms with Crippen molar-refractivity contribution in [3.05, 3.63) is 0 Å². The Labute approximate surface area is 146 Å². The molecule has 2 heterocycles. The van der Waals surface area contributed by atoms with Crippen LogP contribution < -0.4 is 0 Å². The molecule has 0 aromatic heterocycles. The van der Waals surface area contributed by atoms with Crippen LogP contribution in [0.3, 0.4) is 0 Å². The van der Waals surface area contributed by atoms with Crippen LogP contribution >= 0.6 is 0 Å². The lowest BCUT2D eigenvalue weighted by Crippen LogP contribution is -2.60. The van der Waals surface area contributed by atoms with E-state index in [4.69, 9.17) is 0 Å². The minimum Gasteiger partial charge on any atom is -0.298 e. The van der Waals surface area contributed by atoms with E-state index in [1.807, 2.05) is 0 Å². The molecule has 0 aromatic carbocycles. The van der Waals surface area contributed by atoms with Crippen LogP contribution in [0, 0.1) is 16.7 Å². The molecule has 2 unspecified atom stereocenters. The van der Waals surface area contributed by atoms with E-state index in [2.05, 4.69) is 79.0 Å². The smallest absolute Gasteiger partial charge is 0.0280 e. The lowest BCUT2D eigenvalue weighted by atomic mass is 9.72. The molecule has 2 rings (SSSR count). The zero-order valence-electron chi connectivity index (χ0n) is 17.6. The first-order chi connectivity index (χ1) is 10.1. The highest BCUT2D eigenvalue weighted by Crippen LogP contribution is 2.45. The maximum absolute atomic E-state index is 2.72. The van der Waals surface area contributed by atoms with Crippen molar-refractivity contribution in [3.63, 3.8) is 0 Å². The van der Waals surface area contributed by atoms with Crippen molar-refractivity contribution in [3.8, 4) is 0 Å². The van der Waals surface area contributed by atoms with Gasteiger partial charge in [-0.15, -0.1) is 0 Å². The van der Waals surface area contributed by atoms with Gasteiger partial charge in [-0.2, -0.15) is 0 Å². The molecule has 0 bridgehead atoms. The van der Waals surface area contributed by atoms with E-state index in [1.54, 1.807) is 0 Å². The summed E-state index contributed by atoms with van der Waals surface area (Å²) in [4.78, 5) is 5.38. The molecular weight excluding hydrogens is 280 g/mol. The molecule has 2 atom stereocenters. The molecule has 2 nitrogen and oxygen atoms in total. The fourth-order valence-corrected chi connectivity index (χ4v) is 4.02. The predicted octanol–water partition coefficient (Wildman–Crippen LogP) is 5.03. The molecule has 0 saturated carbocycles. The molecule has 2 saturated heterocycles. The van der Waals surface area contributed by atoms with E-state index in [0.29, 0.717) is 21.9 Å². The fourth-order valence-electron chi connectivity index (χ4n) is 4.02. The van der Waals surface area contributed by atoms with E-state index in [1.165, 1.54) is 32.5 Å². The minimum atomic E-state index is 0.328. The van der Waals surface area contributed by atoms with E-state index in [0.717, 1.165) is 12.0 Å². The molecule has 2 heteroatoms. The van der Waals surface area contributed by atoms with Crippen molar-refractivity contribution in [2.24, 2.45) is 16.7 Å². The second kappa shape index (κ2) is 5.73. The third kappa shape index (κ3) is 4.31. The van der Waals surface area contributed by atoms with Crippen LogP contribution in [0.15, 0.2) is 0 Å². The molecule has 0 amide bonds. The van der Waals surface area contributed by atoms with Crippen molar-refractivity contribution in [2.75, 3.05) is 19.6 Å². The van der Waals surface area contributed by atoms with Crippen molar-refractivity contribution in [2.45, 2.75) is 99.2 Å². The Bertz CT molecular complexity index is 416. The van der Waals surface area contributed by atoms with Gasteiger partial charge in [0.1, 0.15) is 0 Å². The highest BCUT2D eigenvalue weighted by Gasteiger charge is 2.51. The first-order valence-electron chi connectivity index (χ1n) is 9.66. The number of hydrogen-bond acceptors (Lipinski definition) is 2. The van der Waals surface area contributed by atoms with E-state index in [9.17, 15) is 0 Å². The van der Waals surface area contributed by atoms with Gasteiger partial charge in [-0.25, -0.2) is 0 Å². The molecule has 0 radical (unpaired) electrons. The zero-order valence-corrected chi connectivity index (χ0v) is 17.6. The molecule has 0 aliphatic carbocycles. The lowest BCUT2D eigenvalue weighted by molar-refractivity contribution is -0.0491. The topological polar surface area (TPSA) is 6.25 Å². The Morgan fingerprint density at radius 1 is 0.739 bits per heavy atom. The minimum absolute atomic E-state index is 0.328. The Morgan fingerprint density at radius 2 is 1.26 bits per heavy atom. The van der Waals surface area contributed by atoms with Gasteiger partial charge in [0, 0.05) is 36.8 Å². The van der Waals surface area contributed by atoms with E-state index < -0.39 is 0 Å². The highest BCUT2D eigenvalue weighted by molar-refractivity contribution is 5.05. The first-order valence-corrected chi connectivity index (χ1v) is 9.66. The van der Waals surface area contributed by atoms with Crippen LogP contribution in [0.25, 0.3) is 0 Å². The average molecular weight is 323 g/mol. The largest absolute Gasteiger partial charge is 0.298 e. The molecule has 136 valence electrons. The average Bonchev–Trinajstić information content (AvgIpc) is 3.01. The third-order valence-corrected chi connectivity index (χ3v) is 6.72. The molecule has 2 aliphatic rings. The standard InChI is InChI=1S/C21H42N2/c1-18(2,3)16-13-22(14-16)21(9,10)12-11-20(7,8)17-15-23(17)19(4,5)6/h16-17H,11-15H2,1-10H3. The van der Waals surface area contributed by atoms with E-state index >= 15 is 0 Å². The predicted molar refractivity (Wildman–Crippen MR) is 102 cm³/mol. The van der Waals surface area contributed by atoms with Crippen LogP contribution in [0.2, 0.25) is 0 Å². The number of likely N-dealkylation sites (tertiary alicyclic amines) is 1. The fraction of sp³-hybridized carbons (Fsp3) is 1.00. The summed E-state index contributed by atoms with van der Waals surface area (Å²) < 4.78 is 0. The monoisotopic (exact) mass is 322 g/mol. The van der Waals surface area contributed by atoms with Gasteiger partial charge in [0.2, 0.25) is 0 Å². The lowest BCUT2D eigenvalue weighted by Gasteiger charge is -2.54. The maximum atomic E-state index is 2.72. The van der Waals surface area contributed by atoms with Gasteiger partial charge < -0.3 is 0 Å². The number of nitrogens with zero attached hydrogens (tertiary/aromatic N) is 2. The highest BCUT2D eigenvalue weighted by atomic mass is 15.4. The third-order valence-electron chi connectivity index (χ3n) is 6.72. The summed E-state index contributed by atoms with van der Waals surface area (Å²) in [6.07, 6.45) is 2.64. The van der Waals surface area contributed by atoms with E-state index in [-0.39, 0.29) is 0 Å². The van der Waals surface area contributed by atoms with Crippen LogP contribution in [0.1, 0.15) is 82.1 Å². The van der Waals surface area contributed by atoms with Crippen LogP contribution in [0.4, 0.5) is 0 Å². The second-order valence-corrected chi connectivity index (χ2v) is 11.6. The van der Waals surface area contributed by atoms with Crippen LogP contribution in [0.5, 0.6) is 0 Å². The summed E-state index contributed by atoms with van der Waals surface area (Å²) in [6.45, 7) is 27.9. The zero-order chi connectivity index (χ0) is 17.8. The SMILES string of the molecule is CC(C)(C)C1CN(C(C)(C)CCC(C)(C)C2CN2C(C)(C)C)C1. The number of hydrogen-bond donors (Lipinski definition) is 0. The summed E-state index contributed by atoms with van der Waals surface area (Å²) in [5.41, 5.74) is 1.57. The molecule has 0 spiro atoms. The van der Waals surface area contributed by atoms with Gasteiger partial charge in [-0.05, 0) is 64.2 Å². The van der Waals surface area contributed by atoms with Gasteiger partial charge in [0.25, 0.3) is 0 Å². The molecule has 2 fully saturated rings. The summed E-state index contributed by atoms with van der Waals surface area (Å²) >= 11 is 0. The normalized spacial score (nSPS) is 27.9. The Morgan fingerprint density at radius 3 is 1.65 bits per heavy atom. The van der Waals surface area contributed by atoms with Crippen LogP contribution in [-0.4, -0.2) is 46.6 Å². The van der Waals surface area contributed by atoms with Gasteiger partial charge in [-0.1, -0.05) is 34.6 Å². The van der Waals surface area contributed by atoms with Crippen molar-refractivity contribution in [1.82, 2.24) is 9.80 Å². The first kappa shape index (κ1) is 19.2. The van der Waals surface area contributed by atoms with Gasteiger partial charge in [0.15, 0.2) is 0 Å². The number of rotatable bonds is 5. The Hall–Kier alpha value is -0.0800. The van der Waals surface area contributed by atoms with Gasteiger partial charge in [-0.3, -0.25) is 9.80 Å². The molecule has 0 aromatic rings. The second-order valence-electron chi connectivity index (χ2n) is 11.6. The molecule has 0 N–H and O–H groups in total. The molecule has 23 heavy (non-hydrogen) atoms. The quantitative estimate of drug-likeness (QED) is 0.655. The summed E-state index contributed by atoms with van der Waals surface area (Å²) in [5.74, 6) is 0.870. The van der Waals surface area contributed by atoms with Gasteiger partial charge in [0.05, 0.1) is 0 Å². The van der Waals surface area contributed by atoms with Crippen molar-refractivity contribution in [1.29, 1.82) is 0 Å². The van der Waals surface area contributed by atoms with Crippen molar-refractivity contribution < 1.29 is 0 Å². The maximum Gasteiger partial charge on any atom is 0.0280 e. The Balaban J connectivity index is 1.83. The van der Waals surface area contributed by atoms with Crippen molar-refractivity contribution >= 4 is 0 Å². The van der Waals surface area contributed by atoms with Gasteiger partial charge >= 0.3 is 0 Å². The summed E-state index contributed by atoms with van der Waals surface area (Å²) in [7, 11) is 0. The summed E-state index contributed by atoms with van der Waals surface area (Å²) in [5, 5.41) is 0. The summed E-state index contributed by atoms with van der Waals surface area (Å²) in [6, 6.07) is 0.775.